The highest BCUT2D eigenvalue weighted by molar-refractivity contribution is 6.39. The Balaban J connectivity index is 2.55. The SMILES string of the molecule is COc1ccc(C(=O)c2cc(Cl)c(OC)c(Cl)c2O)c(O)c1. The third-order valence-corrected chi connectivity index (χ3v) is 3.68. The summed E-state index contributed by atoms with van der Waals surface area (Å²) in [5.74, 6) is -0.931. The van der Waals surface area contributed by atoms with E-state index in [0.717, 1.165) is 0 Å². The number of phenolic OH excluding ortho intramolecular Hbond substituents is 2. The molecule has 0 fully saturated rings. The minimum Gasteiger partial charge on any atom is -0.507 e. The van der Waals surface area contributed by atoms with Crippen LogP contribution in [-0.2, 0) is 0 Å². The zero-order chi connectivity index (χ0) is 16.4. The molecular weight excluding hydrogens is 331 g/mol. The molecule has 0 aliphatic carbocycles. The molecule has 0 aliphatic heterocycles. The molecule has 0 aromatic heterocycles. The summed E-state index contributed by atoms with van der Waals surface area (Å²) in [5, 5.41) is 19.9. The van der Waals surface area contributed by atoms with Crippen molar-refractivity contribution in [3.63, 3.8) is 0 Å². The molecule has 2 N–H and O–H groups in total. The Morgan fingerprint density at radius 1 is 1.05 bits per heavy atom. The number of hydrogen-bond donors (Lipinski definition) is 2. The second-order valence-corrected chi connectivity index (χ2v) is 5.10. The van der Waals surface area contributed by atoms with Crippen LogP contribution in [0.4, 0.5) is 0 Å². The van der Waals surface area contributed by atoms with Gasteiger partial charge < -0.3 is 19.7 Å². The van der Waals surface area contributed by atoms with Crippen LogP contribution in [0.1, 0.15) is 15.9 Å². The lowest BCUT2D eigenvalue weighted by Crippen LogP contribution is -2.03. The molecular formula is C15H12Cl2O5. The van der Waals surface area contributed by atoms with Crippen molar-refractivity contribution in [3.8, 4) is 23.0 Å². The van der Waals surface area contributed by atoms with Crippen LogP contribution >= 0.6 is 23.2 Å². The van der Waals surface area contributed by atoms with E-state index in [9.17, 15) is 15.0 Å². The maximum Gasteiger partial charge on any atom is 0.200 e. The zero-order valence-corrected chi connectivity index (χ0v) is 13.2. The predicted octanol–water partition coefficient (Wildman–Crippen LogP) is 3.65. The Morgan fingerprint density at radius 2 is 1.73 bits per heavy atom. The number of carbonyl (C=O) groups is 1. The van der Waals surface area contributed by atoms with E-state index in [2.05, 4.69) is 0 Å². The van der Waals surface area contributed by atoms with E-state index in [1.54, 1.807) is 0 Å². The second-order valence-electron chi connectivity index (χ2n) is 4.31. The molecule has 0 spiro atoms. The van der Waals surface area contributed by atoms with Gasteiger partial charge >= 0.3 is 0 Å². The maximum atomic E-state index is 12.5. The topological polar surface area (TPSA) is 76.0 Å². The number of rotatable bonds is 4. The number of halogens is 2. The van der Waals surface area contributed by atoms with Crippen molar-refractivity contribution in [1.82, 2.24) is 0 Å². The quantitative estimate of drug-likeness (QED) is 0.829. The van der Waals surface area contributed by atoms with Gasteiger partial charge in [0.15, 0.2) is 5.75 Å². The lowest BCUT2D eigenvalue weighted by molar-refractivity contribution is 0.103. The predicted molar refractivity (Wildman–Crippen MR) is 82.8 cm³/mol. The minimum atomic E-state index is -0.635. The average Bonchev–Trinajstić information content (AvgIpc) is 2.50. The van der Waals surface area contributed by atoms with E-state index < -0.39 is 11.5 Å². The monoisotopic (exact) mass is 342 g/mol. The number of aromatic hydroxyl groups is 2. The van der Waals surface area contributed by atoms with Crippen LogP contribution in [0.15, 0.2) is 24.3 Å². The molecule has 22 heavy (non-hydrogen) atoms. The molecule has 2 aromatic carbocycles. The molecule has 7 heteroatoms. The van der Waals surface area contributed by atoms with E-state index in [1.165, 1.54) is 38.5 Å². The summed E-state index contributed by atoms with van der Waals surface area (Å²) in [6, 6.07) is 5.41. The van der Waals surface area contributed by atoms with Crippen LogP contribution < -0.4 is 9.47 Å². The van der Waals surface area contributed by atoms with Crippen molar-refractivity contribution < 1.29 is 24.5 Å². The molecule has 5 nitrogen and oxygen atoms in total. The molecule has 0 saturated heterocycles. The number of methoxy groups -OCH3 is 2. The molecule has 0 saturated carbocycles. The van der Waals surface area contributed by atoms with Gasteiger partial charge in [0.2, 0.25) is 5.78 Å². The second kappa shape index (κ2) is 6.34. The van der Waals surface area contributed by atoms with Crippen LogP contribution in [0.3, 0.4) is 0 Å². The standard InChI is InChI=1S/C15H12Cl2O5/c1-21-7-3-4-8(11(18)5-7)13(19)9-6-10(16)15(22-2)12(17)14(9)20/h3-6,18,20H,1-2H3. The van der Waals surface area contributed by atoms with Gasteiger partial charge in [-0.05, 0) is 18.2 Å². The molecule has 2 aromatic rings. The van der Waals surface area contributed by atoms with E-state index in [0.29, 0.717) is 5.75 Å². The number of hydrogen-bond acceptors (Lipinski definition) is 5. The molecule has 0 amide bonds. The molecule has 0 unspecified atom stereocenters. The normalized spacial score (nSPS) is 10.4. The molecule has 0 bridgehead atoms. The fourth-order valence-corrected chi connectivity index (χ4v) is 2.54. The van der Waals surface area contributed by atoms with E-state index in [1.807, 2.05) is 0 Å². The number of phenols is 2. The van der Waals surface area contributed by atoms with Gasteiger partial charge in [0.25, 0.3) is 0 Å². The van der Waals surface area contributed by atoms with Gasteiger partial charge in [0.05, 0.1) is 30.4 Å². The maximum absolute atomic E-state index is 12.5. The molecule has 116 valence electrons. The third kappa shape index (κ3) is 2.77. The summed E-state index contributed by atoms with van der Waals surface area (Å²) in [7, 11) is 2.77. The van der Waals surface area contributed by atoms with Gasteiger partial charge in [0, 0.05) is 6.07 Å². The van der Waals surface area contributed by atoms with E-state index in [4.69, 9.17) is 32.7 Å². The Labute approximate surface area is 136 Å². The molecule has 0 atom stereocenters. The number of ketones is 1. The molecule has 0 aliphatic rings. The van der Waals surface area contributed by atoms with Crippen LogP contribution in [-0.4, -0.2) is 30.2 Å². The summed E-state index contributed by atoms with van der Waals surface area (Å²) in [6.45, 7) is 0. The van der Waals surface area contributed by atoms with Crippen molar-refractivity contribution >= 4 is 29.0 Å². The Hall–Kier alpha value is -2.11. The first kappa shape index (κ1) is 16.3. The molecule has 0 radical (unpaired) electrons. The van der Waals surface area contributed by atoms with Gasteiger partial charge in [-0.3, -0.25) is 4.79 Å². The third-order valence-electron chi connectivity index (χ3n) is 3.05. The van der Waals surface area contributed by atoms with Crippen molar-refractivity contribution in [1.29, 1.82) is 0 Å². The van der Waals surface area contributed by atoms with Crippen molar-refractivity contribution in [3.05, 3.63) is 45.4 Å². The zero-order valence-electron chi connectivity index (χ0n) is 11.7. The summed E-state index contributed by atoms with van der Waals surface area (Å²) < 4.78 is 9.90. The molecule has 2 rings (SSSR count). The summed E-state index contributed by atoms with van der Waals surface area (Å²) in [4.78, 5) is 12.5. The Bertz CT molecular complexity index is 743. The van der Waals surface area contributed by atoms with Crippen LogP contribution in [0.5, 0.6) is 23.0 Å². The summed E-state index contributed by atoms with van der Waals surface area (Å²) >= 11 is 11.9. The van der Waals surface area contributed by atoms with Gasteiger partial charge in [0.1, 0.15) is 22.3 Å². The highest BCUT2D eigenvalue weighted by atomic mass is 35.5. The van der Waals surface area contributed by atoms with Gasteiger partial charge in [-0.25, -0.2) is 0 Å². The first-order valence-electron chi connectivity index (χ1n) is 6.07. The highest BCUT2D eigenvalue weighted by Gasteiger charge is 2.23. The largest absolute Gasteiger partial charge is 0.507 e. The van der Waals surface area contributed by atoms with Crippen LogP contribution in [0, 0.1) is 0 Å². The smallest absolute Gasteiger partial charge is 0.200 e. The number of carbonyl (C=O) groups excluding carboxylic acids is 1. The van der Waals surface area contributed by atoms with E-state index >= 15 is 0 Å². The lowest BCUT2D eigenvalue weighted by atomic mass is 10.0. The first-order chi connectivity index (χ1) is 10.4. The van der Waals surface area contributed by atoms with Crippen molar-refractivity contribution in [2.24, 2.45) is 0 Å². The first-order valence-corrected chi connectivity index (χ1v) is 6.83. The fraction of sp³-hybridized carbons (Fsp3) is 0.133. The van der Waals surface area contributed by atoms with E-state index in [-0.39, 0.29) is 32.7 Å². The van der Waals surface area contributed by atoms with Crippen molar-refractivity contribution in [2.45, 2.75) is 0 Å². The van der Waals surface area contributed by atoms with Gasteiger partial charge in [-0.1, -0.05) is 23.2 Å². The van der Waals surface area contributed by atoms with Crippen LogP contribution in [0.2, 0.25) is 10.0 Å². The summed E-state index contributed by atoms with van der Waals surface area (Å²) in [6.07, 6.45) is 0. The number of benzene rings is 2. The summed E-state index contributed by atoms with van der Waals surface area (Å²) in [5.41, 5.74) is -0.162. The van der Waals surface area contributed by atoms with Gasteiger partial charge in [-0.2, -0.15) is 0 Å². The fourth-order valence-electron chi connectivity index (χ4n) is 1.93. The van der Waals surface area contributed by atoms with Crippen molar-refractivity contribution in [2.75, 3.05) is 14.2 Å². The molecule has 0 heterocycles. The lowest BCUT2D eigenvalue weighted by Gasteiger charge is -2.12. The highest BCUT2D eigenvalue weighted by Crippen LogP contribution is 2.42. The number of ether oxygens (including phenoxy) is 2. The Morgan fingerprint density at radius 3 is 2.27 bits per heavy atom. The average molecular weight is 343 g/mol. The Kier molecular flexibility index (Phi) is 4.68. The van der Waals surface area contributed by atoms with Gasteiger partial charge in [-0.15, -0.1) is 0 Å². The minimum absolute atomic E-state index is 0.0200. The van der Waals surface area contributed by atoms with Crippen LogP contribution in [0.25, 0.3) is 0 Å².